The molecule has 0 unspecified atom stereocenters. The maximum atomic E-state index is 12.4. The summed E-state index contributed by atoms with van der Waals surface area (Å²) in [5.74, 6) is -0.327. The van der Waals surface area contributed by atoms with Crippen molar-refractivity contribution >= 4 is 11.9 Å². The van der Waals surface area contributed by atoms with Gasteiger partial charge in [-0.05, 0) is 40.9 Å². The van der Waals surface area contributed by atoms with E-state index in [0.717, 1.165) is 0 Å². The number of hydrogen-bond donors (Lipinski definition) is 2. The summed E-state index contributed by atoms with van der Waals surface area (Å²) in [5.41, 5.74) is 8.96. The van der Waals surface area contributed by atoms with Gasteiger partial charge >= 0.3 is 5.97 Å². The van der Waals surface area contributed by atoms with Crippen molar-refractivity contribution in [2.75, 3.05) is 13.2 Å². The van der Waals surface area contributed by atoms with Crippen LogP contribution in [0.15, 0.2) is 71.3 Å². The molecule has 2 aromatic rings. The number of hydrogen-bond acceptors (Lipinski definition) is 6. The van der Waals surface area contributed by atoms with Crippen LogP contribution in [-0.4, -0.2) is 40.8 Å². The van der Waals surface area contributed by atoms with E-state index in [2.05, 4.69) is 21.6 Å². The van der Waals surface area contributed by atoms with Gasteiger partial charge in [0.05, 0.1) is 13.2 Å². The quantitative estimate of drug-likeness (QED) is 0.179. The van der Waals surface area contributed by atoms with E-state index < -0.39 is 17.6 Å². The Hall–Kier alpha value is -3.81. The number of aliphatic hydroxyl groups excluding tert-OH is 1. The zero-order chi connectivity index (χ0) is 23.0. The molecule has 0 spiro atoms. The Balaban J connectivity index is 1.98. The summed E-state index contributed by atoms with van der Waals surface area (Å²) in [4.78, 5) is 19.8. The van der Waals surface area contributed by atoms with Gasteiger partial charge in [-0.1, -0.05) is 35.5 Å². The van der Waals surface area contributed by atoms with Gasteiger partial charge in [0.1, 0.15) is 5.75 Å². The molecule has 32 heavy (non-hydrogen) atoms. The molecule has 0 bridgehead atoms. The van der Waals surface area contributed by atoms with Gasteiger partial charge in [0, 0.05) is 29.9 Å². The zero-order valence-corrected chi connectivity index (χ0v) is 17.4. The van der Waals surface area contributed by atoms with E-state index in [1.54, 1.807) is 48.5 Å². The van der Waals surface area contributed by atoms with Crippen molar-refractivity contribution in [1.82, 2.24) is 0 Å². The summed E-state index contributed by atoms with van der Waals surface area (Å²) < 4.78 is 11.7. The Labute approximate surface area is 185 Å². The van der Waals surface area contributed by atoms with Crippen LogP contribution in [-0.2, 0) is 16.1 Å². The Morgan fingerprint density at radius 1 is 1.31 bits per heavy atom. The first kappa shape index (κ1) is 22.9. The largest absolute Gasteiger partial charge is 0.494 e. The number of ether oxygens (including phenoxy) is 2. The number of azide groups is 1. The van der Waals surface area contributed by atoms with Crippen molar-refractivity contribution in [3.63, 3.8) is 0 Å². The van der Waals surface area contributed by atoms with Crippen molar-refractivity contribution < 1.29 is 24.5 Å². The first-order valence-corrected chi connectivity index (χ1v) is 10.1. The SMILES string of the molecule is C=CC[C@]1(C(=O)O)N=C(c2ccc(OCCCO)cc2)O[C@H]1c1ccccc1CN=[N+]=[N-]. The van der Waals surface area contributed by atoms with E-state index >= 15 is 0 Å². The van der Waals surface area contributed by atoms with Crippen molar-refractivity contribution in [3.8, 4) is 5.75 Å². The monoisotopic (exact) mass is 436 g/mol. The van der Waals surface area contributed by atoms with Crippen LogP contribution in [0.2, 0.25) is 0 Å². The third kappa shape index (κ3) is 4.74. The van der Waals surface area contributed by atoms with Gasteiger partial charge < -0.3 is 19.7 Å². The van der Waals surface area contributed by atoms with Crippen LogP contribution in [0.4, 0.5) is 0 Å². The summed E-state index contributed by atoms with van der Waals surface area (Å²) in [6.45, 7) is 4.20. The van der Waals surface area contributed by atoms with Gasteiger partial charge in [-0.3, -0.25) is 0 Å². The fourth-order valence-corrected chi connectivity index (χ4v) is 3.54. The number of aliphatic carboxylic acids is 1. The highest BCUT2D eigenvalue weighted by Crippen LogP contribution is 2.43. The highest BCUT2D eigenvalue weighted by molar-refractivity contribution is 5.99. The number of rotatable bonds is 11. The average molecular weight is 436 g/mol. The first-order valence-electron chi connectivity index (χ1n) is 10.1. The molecule has 0 fully saturated rings. The Bertz CT molecular complexity index is 1050. The molecule has 0 saturated carbocycles. The molecule has 1 aliphatic rings. The number of aliphatic imine (C=N–C) groups is 1. The van der Waals surface area contributed by atoms with Gasteiger partial charge in [0.15, 0.2) is 6.10 Å². The smallest absolute Gasteiger partial charge is 0.336 e. The van der Waals surface area contributed by atoms with Crippen LogP contribution in [0.25, 0.3) is 10.4 Å². The Morgan fingerprint density at radius 2 is 2.06 bits per heavy atom. The van der Waals surface area contributed by atoms with Crippen molar-refractivity contribution in [3.05, 3.63) is 88.3 Å². The maximum Gasteiger partial charge on any atom is 0.336 e. The van der Waals surface area contributed by atoms with Crippen LogP contribution in [0.3, 0.4) is 0 Å². The molecular weight excluding hydrogens is 412 g/mol. The molecule has 1 aliphatic heterocycles. The van der Waals surface area contributed by atoms with Crippen molar-refractivity contribution in [1.29, 1.82) is 0 Å². The molecule has 9 nitrogen and oxygen atoms in total. The minimum atomic E-state index is -1.61. The van der Waals surface area contributed by atoms with Gasteiger partial charge in [-0.2, -0.15) is 0 Å². The molecule has 0 aromatic heterocycles. The lowest BCUT2D eigenvalue weighted by atomic mass is 9.83. The molecule has 166 valence electrons. The standard InChI is InChI=1S/C23H24N4O5/c1-2-12-23(22(29)30)20(19-7-4-3-6-17(19)15-25-27-24)32-21(26-23)16-8-10-18(11-9-16)31-14-5-13-28/h2-4,6-11,20,28H,1,5,12-15H2,(H,29,30)/t20-,23-/m0/s1. The van der Waals surface area contributed by atoms with E-state index in [4.69, 9.17) is 20.1 Å². The highest BCUT2D eigenvalue weighted by atomic mass is 16.5. The fourth-order valence-electron chi connectivity index (χ4n) is 3.54. The van der Waals surface area contributed by atoms with Gasteiger partial charge in [0.2, 0.25) is 11.4 Å². The number of carboxylic acid groups (broad SMARTS) is 1. The van der Waals surface area contributed by atoms with Crippen LogP contribution in [0.5, 0.6) is 5.75 Å². The molecular formula is C23H24N4O5. The molecule has 2 N–H and O–H groups in total. The molecule has 2 atom stereocenters. The first-order chi connectivity index (χ1) is 15.6. The second kappa shape index (κ2) is 10.5. The second-order valence-corrected chi connectivity index (χ2v) is 7.17. The lowest BCUT2D eigenvalue weighted by Gasteiger charge is -2.28. The van der Waals surface area contributed by atoms with Crippen molar-refractivity contribution in [2.24, 2.45) is 10.1 Å². The molecule has 9 heteroatoms. The third-order valence-corrected chi connectivity index (χ3v) is 5.10. The van der Waals surface area contributed by atoms with Crippen LogP contribution < -0.4 is 4.74 Å². The van der Waals surface area contributed by atoms with Crippen LogP contribution in [0.1, 0.15) is 35.6 Å². The number of carboxylic acids is 1. The predicted octanol–water partition coefficient (Wildman–Crippen LogP) is 4.18. The lowest BCUT2D eigenvalue weighted by molar-refractivity contribution is -0.146. The van der Waals surface area contributed by atoms with Crippen LogP contribution in [0, 0.1) is 0 Å². The van der Waals surface area contributed by atoms with Crippen LogP contribution >= 0.6 is 0 Å². The summed E-state index contributed by atoms with van der Waals surface area (Å²) in [6, 6.07) is 14.0. The number of benzene rings is 2. The maximum absolute atomic E-state index is 12.4. The van der Waals surface area contributed by atoms with E-state index in [9.17, 15) is 9.90 Å². The lowest BCUT2D eigenvalue weighted by Crippen LogP contribution is -2.40. The Morgan fingerprint density at radius 3 is 2.72 bits per heavy atom. The molecule has 0 aliphatic carbocycles. The van der Waals surface area contributed by atoms with E-state index in [1.165, 1.54) is 6.08 Å². The minimum Gasteiger partial charge on any atom is -0.494 e. The average Bonchev–Trinajstić information content (AvgIpc) is 3.19. The number of carbonyl (C=O) groups is 1. The normalized spacial score (nSPS) is 19.4. The summed E-state index contributed by atoms with van der Waals surface area (Å²) in [5, 5.41) is 22.7. The summed E-state index contributed by atoms with van der Waals surface area (Å²) in [6.07, 6.45) is 1.15. The van der Waals surface area contributed by atoms with Gasteiger partial charge in [-0.25, -0.2) is 9.79 Å². The molecule has 1 heterocycles. The van der Waals surface area contributed by atoms with E-state index in [-0.39, 0.29) is 25.5 Å². The molecule has 3 rings (SSSR count). The Kier molecular flexibility index (Phi) is 7.49. The highest BCUT2D eigenvalue weighted by Gasteiger charge is 2.53. The predicted molar refractivity (Wildman–Crippen MR) is 118 cm³/mol. The molecule has 0 amide bonds. The van der Waals surface area contributed by atoms with Gasteiger partial charge in [-0.15, -0.1) is 6.58 Å². The summed E-state index contributed by atoms with van der Waals surface area (Å²) >= 11 is 0. The summed E-state index contributed by atoms with van der Waals surface area (Å²) in [7, 11) is 0. The number of aliphatic hydroxyl groups is 1. The molecule has 2 aromatic carbocycles. The van der Waals surface area contributed by atoms with Gasteiger partial charge in [0.25, 0.3) is 0 Å². The zero-order valence-electron chi connectivity index (χ0n) is 17.4. The fraction of sp³-hybridized carbons (Fsp3) is 0.304. The number of nitrogens with zero attached hydrogens (tertiary/aromatic N) is 4. The van der Waals surface area contributed by atoms with E-state index in [1.807, 2.05) is 0 Å². The topological polar surface area (TPSA) is 137 Å². The third-order valence-electron chi connectivity index (χ3n) is 5.10. The van der Waals surface area contributed by atoms with E-state index in [0.29, 0.717) is 35.5 Å². The second-order valence-electron chi connectivity index (χ2n) is 7.17. The molecule has 0 radical (unpaired) electrons. The molecule has 0 saturated heterocycles. The minimum absolute atomic E-state index is 0.0475. The van der Waals surface area contributed by atoms with Crippen molar-refractivity contribution in [2.45, 2.75) is 31.0 Å².